The summed E-state index contributed by atoms with van der Waals surface area (Å²) in [5.41, 5.74) is 0.324. The van der Waals surface area contributed by atoms with E-state index in [9.17, 15) is 24.0 Å². The standard InChI is InChI=1S/C29H40N2O12/c1-17(32)38-16-24-25(39-18(2)33)26(40-19(3)34)27(41-20(4)35)29(43-24)42-22-10-9-21(15-23(22)37-5)28(36)30-11-14-31-12-7-6-8-13-31/h9-10,15,24-27,29H,6-8,11-14,16H2,1-5H3,(H,30,36)/t24-,25-,26+,27-,29-/m0/s1. The first-order chi connectivity index (χ1) is 20.5. The van der Waals surface area contributed by atoms with Gasteiger partial charge in [0, 0.05) is 46.3 Å². The topological polar surface area (TPSA) is 165 Å². The number of ether oxygens (including phenoxy) is 7. The van der Waals surface area contributed by atoms with Crippen molar-refractivity contribution in [2.75, 3.05) is 39.9 Å². The van der Waals surface area contributed by atoms with E-state index in [0.717, 1.165) is 53.2 Å². The van der Waals surface area contributed by atoms with Gasteiger partial charge < -0.3 is 43.4 Å². The molecule has 1 N–H and O–H groups in total. The van der Waals surface area contributed by atoms with Crippen LogP contribution in [0.2, 0.25) is 0 Å². The summed E-state index contributed by atoms with van der Waals surface area (Å²) in [6.45, 7) is 7.47. The third-order valence-electron chi connectivity index (χ3n) is 6.78. The Morgan fingerprint density at radius 2 is 1.47 bits per heavy atom. The van der Waals surface area contributed by atoms with Crippen molar-refractivity contribution < 1.29 is 57.1 Å². The Balaban J connectivity index is 1.84. The molecule has 2 heterocycles. The van der Waals surface area contributed by atoms with Gasteiger partial charge in [-0.3, -0.25) is 24.0 Å². The summed E-state index contributed by atoms with van der Waals surface area (Å²) < 4.78 is 38.8. The molecule has 0 spiro atoms. The third kappa shape index (κ3) is 10.1. The fraction of sp³-hybridized carbons (Fsp3) is 0.621. The van der Waals surface area contributed by atoms with Crippen LogP contribution in [0, 0.1) is 0 Å². The van der Waals surface area contributed by atoms with Crippen molar-refractivity contribution >= 4 is 29.8 Å². The second-order valence-corrected chi connectivity index (χ2v) is 10.2. The van der Waals surface area contributed by atoms with Crippen molar-refractivity contribution in [1.29, 1.82) is 0 Å². The molecule has 14 heteroatoms. The Kier molecular flexibility index (Phi) is 12.6. The average molecular weight is 609 g/mol. The molecule has 1 aromatic rings. The minimum atomic E-state index is -1.45. The van der Waals surface area contributed by atoms with E-state index in [4.69, 9.17) is 33.2 Å². The number of amides is 1. The highest BCUT2D eigenvalue weighted by Gasteiger charge is 2.53. The highest BCUT2D eigenvalue weighted by molar-refractivity contribution is 5.94. The maximum atomic E-state index is 12.8. The number of nitrogens with zero attached hydrogens (tertiary/aromatic N) is 1. The molecule has 0 radical (unpaired) electrons. The maximum absolute atomic E-state index is 12.8. The summed E-state index contributed by atoms with van der Waals surface area (Å²) in [6, 6.07) is 4.49. The van der Waals surface area contributed by atoms with E-state index >= 15 is 0 Å². The van der Waals surface area contributed by atoms with Gasteiger partial charge in [-0.1, -0.05) is 6.42 Å². The van der Waals surface area contributed by atoms with Crippen LogP contribution in [-0.4, -0.2) is 105 Å². The van der Waals surface area contributed by atoms with Crippen molar-refractivity contribution in [1.82, 2.24) is 10.2 Å². The van der Waals surface area contributed by atoms with Crippen LogP contribution in [-0.2, 0) is 42.9 Å². The number of methoxy groups -OCH3 is 1. The van der Waals surface area contributed by atoms with Crippen molar-refractivity contribution in [2.24, 2.45) is 0 Å². The normalized spacial score (nSPS) is 23.8. The average Bonchev–Trinajstić information content (AvgIpc) is 2.95. The lowest BCUT2D eigenvalue weighted by Gasteiger charge is -2.44. The number of carbonyl (C=O) groups excluding carboxylic acids is 5. The summed E-state index contributed by atoms with van der Waals surface area (Å²) >= 11 is 0. The van der Waals surface area contributed by atoms with E-state index in [-0.39, 0.29) is 17.4 Å². The van der Waals surface area contributed by atoms with Crippen LogP contribution < -0.4 is 14.8 Å². The van der Waals surface area contributed by atoms with Crippen LogP contribution in [0.5, 0.6) is 11.5 Å². The lowest BCUT2D eigenvalue weighted by atomic mass is 9.98. The molecule has 2 fully saturated rings. The van der Waals surface area contributed by atoms with Crippen LogP contribution >= 0.6 is 0 Å². The summed E-state index contributed by atoms with van der Waals surface area (Å²) in [4.78, 5) is 62.7. The monoisotopic (exact) mass is 608 g/mol. The molecule has 1 aromatic carbocycles. The summed E-state index contributed by atoms with van der Waals surface area (Å²) in [6.07, 6.45) is -3.19. The number of likely N-dealkylation sites (tertiary alicyclic amines) is 1. The summed E-state index contributed by atoms with van der Waals surface area (Å²) in [5.74, 6) is -2.94. The first-order valence-electron chi connectivity index (χ1n) is 14.1. The molecule has 0 unspecified atom stereocenters. The van der Waals surface area contributed by atoms with Crippen LogP contribution in [0.3, 0.4) is 0 Å². The third-order valence-corrected chi connectivity index (χ3v) is 6.78. The maximum Gasteiger partial charge on any atom is 0.303 e. The zero-order valence-electron chi connectivity index (χ0n) is 25.1. The van der Waals surface area contributed by atoms with Crippen molar-refractivity contribution in [2.45, 2.75) is 77.7 Å². The molecule has 14 nitrogen and oxygen atoms in total. The fourth-order valence-corrected chi connectivity index (χ4v) is 4.93. The number of hydrogen-bond donors (Lipinski definition) is 1. The van der Waals surface area contributed by atoms with Gasteiger partial charge in [0.05, 0.1) is 7.11 Å². The number of benzene rings is 1. The van der Waals surface area contributed by atoms with Gasteiger partial charge in [0.2, 0.25) is 12.4 Å². The molecule has 0 bridgehead atoms. The molecule has 2 aliphatic rings. The Morgan fingerprint density at radius 1 is 0.837 bits per heavy atom. The van der Waals surface area contributed by atoms with E-state index in [1.54, 1.807) is 0 Å². The number of hydrogen-bond acceptors (Lipinski definition) is 13. The fourth-order valence-electron chi connectivity index (χ4n) is 4.93. The molecule has 238 valence electrons. The van der Waals surface area contributed by atoms with Gasteiger partial charge in [0.25, 0.3) is 5.91 Å². The zero-order chi connectivity index (χ0) is 31.5. The van der Waals surface area contributed by atoms with E-state index in [1.165, 1.54) is 38.7 Å². The Bertz CT molecular complexity index is 1150. The van der Waals surface area contributed by atoms with Crippen molar-refractivity contribution in [3.63, 3.8) is 0 Å². The van der Waals surface area contributed by atoms with Crippen LogP contribution in [0.15, 0.2) is 18.2 Å². The predicted molar refractivity (Wildman–Crippen MR) is 148 cm³/mol. The zero-order valence-corrected chi connectivity index (χ0v) is 25.1. The second kappa shape index (κ2) is 16.1. The highest BCUT2D eigenvalue weighted by Crippen LogP contribution is 2.35. The molecule has 0 aromatic heterocycles. The number of piperidine rings is 1. The van der Waals surface area contributed by atoms with Gasteiger partial charge in [-0.25, -0.2) is 0 Å². The summed E-state index contributed by atoms with van der Waals surface area (Å²) in [7, 11) is 1.38. The van der Waals surface area contributed by atoms with Gasteiger partial charge in [-0.2, -0.15) is 0 Å². The lowest BCUT2D eigenvalue weighted by molar-refractivity contribution is -0.288. The highest BCUT2D eigenvalue weighted by atomic mass is 16.7. The van der Waals surface area contributed by atoms with E-state index in [0.29, 0.717) is 12.1 Å². The second-order valence-electron chi connectivity index (χ2n) is 10.2. The van der Waals surface area contributed by atoms with Crippen LogP contribution in [0.1, 0.15) is 57.3 Å². The molecular formula is C29H40N2O12. The SMILES string of the molecule is COc1cc(C(=O)NCCN2CCCCC2)ccc1O[C@H]1O[C@@H](COC(C)=O)[C@H](OC(C)=O)[C@@H](OC(C)=O)[C@@H]1OC(C)=O. The van der Waals surface area contributed by atoms with Crippen LogP contribution in [0.25, 0.3) is 0 Å². The Labute approximate surface area is 250 Å². The Hall–Kier alpha value is -3.91. The molecule has 2 saturated heterocycles. The first-order valence-corrected chi connectivity index (χ1v) is 14.1. The van der Waals surface area contributed by atoms with E-state index in [2.05, 4.69) is 10.2 Å². The quantitative estimate of drug-likeness (QED) is 0.267. The number of nitrogens with one attached hydrogen (secondary N) is 1. The minimum Gasteiger partial charge on any atom is -0.493 e. The molecule has 3 rings (SSSR count). The molecule has 2 aliphatic heterocycles. The van der Waals surface area contributed by atoms with Crippen molar-refractivity contribution in [3.8, 4) is 11.5 Å². The van der Waals surface area contributed by atoms with Gasteiger partial charge in [-0.05, 0) is 44.1 Å². The van der Waals surface area contributed by atoms with Gasteiger partial charge in [0.1, 0.15) is 12.7 Å². The Morgan fingerprint density at radius 3 is 2.07 bits per heavy atom. The molecule has 43 heavy (non-hydrogen) atoms. The molecule has 5 atom stereocenters. The van der Waals surface area contributed by atoms with Crippen LogP contribution in [0.4, 0.5) is 0 Å². The summed E-state index contributed by atoms with van der Waals surface area (Å²) in [5, 5.41) is 2.91. The number of carbonyl (C=O) groups is 5. The molecular weight excluding hydrogens is 568 g/mol. The van der Waals surface area contributed by atoms with E-state index < -0.39 is 61.2 Å². The molecule has 0 aliphatic carbocycles. The number of rotatable bonds is 12. The molecule has 1 amide bonds. The number of esters is 4. The largest absolute Gasteiger partial charge is 0.493 e. The first kappa shape index (κ1) is 33.6. The van der Waals surface area contributed by atoms with Gasteiger partial charge in [-0.15, -0.1) is 0 Å². The smallest absolute Gasteiger partial charge is 0.303 e. The van der Waals surface area contributed by atoms with Gasteiger partial charge >= 0.3 is 23.9 Å². The van der Waals surface area contributed by atoms with Gasteiger partial charge in [0.15, 0.2) is 23.7 Å². The minimum absolute atomic E-state index is 0.105. The molecule has 0 saturated carbocycles. The lowest BCUT2D eigenvalue weighted by Crippen LogP contribution is -2.63. The predicted octanol–water partition coefficient (Wildman–Crippen LogP) is 1.37. The van der Waals surface area contributed by atoms with Crippen molar-refractivity contribution in [3.05, 3.63) is 23.8 Å². The van der Waals surface area contributed by atoms with E-state index in [1.807, 2.05) is 0 Å².